The van der Waals surface area contributed by atoms with Gasteiger partial charge in [0.2, 0.25) is 0 Å². The van der Waals surface area contributed by atoms with Crippen LogP contribution in [0, 0.1) is 5.82 Å². The molecule has 6 heteroatoms. The van der Waals surface area contributed by atoms with Crippen molar-refractivity contribution in [2.24, 2.45) is 0 Å². The third-order valence-corrected chi connectivity index (χ3v) is 3.87. The first-order valence-electron chi connectivity index (χ1n) is 6.80. The Kier molecular flexibility index (Phi) is 4.20. The molecule has 3 aromatic rings. The zero-order valence-corrected chi connectivity index (χ0v) is 13.2. The van der Waals surface area contributed by atoms with Gasteiger partial charge >= 0.3 is 0 Å². The first-order valence-corrected chi connectivity index (χ1v) is 7.59. The Labute approximate surface area is 134 Å². The molecule has 0 bridgehead atoms. The number of amides is 1. The largest absolute Gasteiger partial charge is 0.350 e. The van der Waals surface area contributed by atoms with E-state index >= 15 is 0 Å². The normalized spacial score (nSPS) is 10.8. The first kappa shape index (κ1) is 14.7. The maximum atomic E-state index is 13.6. The molecule has 0 radical (unpaired) electrons. The standard InChI is InChI=1S/C16H13BrFN3O/c17-11-5-6-13(18)10(9-11)7-8-19-16(22)15-12-3-1-2-4-14(12)20-21-15/h1-6,9H,7-8H2,(H,19,22)(H,20,21). The van der Waals surface area contributed by atoms with E-state index in [-0.39, 0.29) is 11.7 Å². The molecule has 22 heavy (non-hydrogen) atoms. The minimum absolute atomic E-state index is 0.271. The van der Waals surface area contributed by atoms with Crippen molar-refractivity contribution in [2.45, 2.75) is 6.42 Å². The van der Waals surface area contributed by atoms with E-state index in [1.54, 1.807) is 12.1 Å². The number of halogens is 2. The highest BCUT2D eigenvalue weighted by atomic mass is 79.9. The average Bonchev–Trinajstić information content (AvgIpc) is 2.94. The van der Waals surface area contributed by atoms with Gasteiger partial charge in [0.05, 0.1) is 5.52 Å². The zero-order chi connectivity index (χ0) is 15.5. The molecule has 1 heterocycles. The highest BCUT2D eigenvalue weighted by Gasteiger charge is 2.13. The predicted molar refractivity (Wildman–Crippen MR) is 86.2 cm³/mol. The summed E-state index contributed by atoms with van der Waals surface area (Å²) in [6, 6.07) is 12.2. The van der Waals surface area contributed by atoms with E-state index in [9.17, 15) is 9.18 Å². The number of benzene rings is 2. The lowest BCUT2D eigenvalue weighted by molar-refractivity contribution is 0.0950. The minimum atomic E-state index is -0.275. The van der Waals surface area contributed by atoms with Gasteiger partial charge in [-0.05, 0) is 36.2 Å². The fourth-order valence-corrected chi connectivity index (χ4v) is 2.67. The van der Waals surface area contributed by atoms with Crippen LogP contribution in [0.1, 0.15) is 16.1 Å². The smallest absolute Gasteiger partial charge is 0.272 e. The van der Waals surface area contributed by atoms with E-state index < -0.39 is 0 Å². The second kappa shape index (κ2) is 6.27. The predicted octanol–water partition coefficient (Wildman–Crippen LogP) is 3.44. The monoisotopic (exact) mass is 361 g/mol. The van der Waals surface area contributed by atoms with Gasteiger partial charge in [-0.1, -0.05) is 34.1 Å². The summed E-state index contributed by atoms with van der Waals surface area (Å²) in [7, 11) is 0. The third kappa shape index (κ3) is 3.01. The van der Waals surface area contributed by atoms with Crippen LogP contribution >= 0.6 is 15.9 Å². The zero-order valence-electron chi connectivity index (χ0n) is 11.6. The Balaban J connectivity index is 1.66. The summed E-state index contributed by atoms with van der Waals surface area (Å²) in [4.78, 5) is 12.2. The van der Waals surface area contributed by atoms with Crippen molar-refractivity contribution < 1.29 is 9.18 Å². The molecule has 0 saturated carbocycles. The van der Waals surface area contributed by atoms with Crippen molar-refractivity contribution in [3.8, 4) is 0 Å². The lowest BCUT2D eigenvalue weighted by atomic mass is 10.1. The second-order valence-corrected chi connectivity index (χ2v) is 5.78. The number of aromatic nitrogens is 2. The topological polar surface area (TPSA) is 57.8 Å². The summed E-state index contributed by atoms with van der Waals surface area (Å²) in [6.07, 6.45) is 0.416. The number of carbonyl (C=O) groups excluding carboxylic acids is 1. The maximum absolute atomic E-state index is 13.6. The molecule has 0 aliphatic rings. The second-order valence-electron chi connectivity index (χ2n) is 4.86. The van der Waals surface area contributed by atoms with Crippen molar-refractivity contribution >= 4 is 32.7 Å². The molecule has 0 unspecified atom stereocenters. The van der Waals surface area contributed by atoms with Gasteiger partial charge in [-0.3, -0.25) is 9.89 Å². The molecule has 2 aromatic carbocycles. The lowest BCUT2D eigenvalue weighted by Crippen LogP contribution is -2.26. The van der Waals surface area contributed by atoms with Crippen molar-refractivity contribution in [2.75, 3.05) is 6.54 Å². The van der Waals surface area contributed by atoms with Crippen LogP contribution in [0.4, 0.5) is 4.39 Å². The van der Waals surface area contributed by atoms with Crippen LogP contribution in [0.5, 0.6) is 0 Å². The number of nitrogens with zero attached hydrogens (tertiary/aromatic N) is 1. The van der Waals surface area contributed by atoms with Crippen molar-refractivity contribution in [1.82, 2.24) is 15.5 Å². The summed E-state index contributed by atoms with van der Waals surface area (Å²) in [5.41, 5.74) is 1.72. The summed E-state index contributed by atoms with van der Waals surface area (Å²) < 4.78 is 14.4. The number of hydrogen-bond donors (Lipinski definition) is 2. The van der Waals surface area contributed by atoms with Crippen LogP contribution in [0.15, 0.2) is 46.9 Å². The van der Waals surface area contributed by atoms with Crippen LogP contribution in [0.3, 0.4) is 0 Å². The van der Waals surface area contributed by atoms with Gasteiger partial charge in [0.15, 0.2) is 5.69 Å². The molecule has 0 spiro atoms. The first-order chi connectivity index (χ1) is 10.6. The van der Waals surface area contributed by atoms with Crippen molar-refractivity contribution in [3.05, 3.63) is 64.0 Å². The number of nitrogens with one attached hydrogen (secondary N) is 2. The highest BCUT2D eigenvalue weighted by Crippen LogP contribution is 2.16. The van der Waals surface area contributed by atoms with Crippen LogP contribution < -0.4 is 5.32 Å². The van der Waals surface area contributed by atoms with Gasteiger partial charge in [-0.25, -0.2) is 4.39 Å². The van der Waals surface area contributed by atoms with Crippen LogP contribution in [-0.2, 0) is 6.42 Å². The van der Waals surface area contributed by atoms with Gasteiger partial charge < -0.3 is 5.32 Å². The molecule has 0 aliphatic carbocycles. The summed E-state index contributed by atoms with van der Waals surface area (Å²) in [5, 5.41) is 10.4. The molecule has 4 nitrogen and oxygen atoms in total. The number of hydrogen-bond acceptors (Lipinski definition) is 2. The van der Waals surface area contributed by atoms with Crippen molar-refractivity contribution in [1.29, 1.82) is 0 Å². The third-order valence-electron chi connectivity index (χ3n) is 3.37. The quantitative estimate of drug-likeness (QED) is 0.747. The van der Waals surface area contributed by atoms with Gasteiger partial charge in [-0.2, -0.15) is 5.10 Å². The van der Waals surface area contributed by atoms with E-state index in [2.05, 4.69) is 31.4 Å². The van der Waals surface area contributed by atoms with E-state index in [0.29, 0.717) is 24.2 Å². The Morgan fingerprint density at radius 1 is 1.27 bits per heavy atom. The molecular formula is C16H13BrFN3O. The Bertz CT molecular complexity index is 831. The number of carbonyl (C=O) groups is 1. The van der Waals surface area contributed by atoms with Gasteiger partial charge in [0.25, 0.3) is 5.91 Å². The number of H-pyrrole nitrogens is 1. The number of fused-ring (bicyclic) bond motifs is 1. The summed E-state index contributed by atoms with van der Waals surface area (Å²) in [5.74, 6) is -0.546. The Hall–Kier alpha value is -2.21. The molecule has 0 saturated heterocycles. The fourth-order valence-electron chi connectivity index (χ4n) is 2.27. The van der Waals surface area contributed by atoms with Gasteiger partial charge in [0, 0.05) is 16.4 Å². The molecular weight excluding hydrogens is 349 g/mol. The van der Waals surface area contributed by atoms with Crippen LogP contribution in [0.25, 0.3) is 10.9 Å². The average molecular weight is 362 g/mol. The highest BCUT2D eigenvalue weighted by molar-refractivity contribution is 9.10. The summed E-state index contributed by atoms with van der Waals surface area (Å²) >= 11 is 3.31. The molecule has 0 aliphatic heterocycles. The Morgan fingerprint density at radius 3 is 2.95 bits per heavy atom. The van der Waals surface area contributed by atoms with E-state index in [0.717, 1.165) is 15.4 Å². The lowest BCUT2D eigenvalue weighted by Gasteiger charge is -2.05. The summed E-state index contributed by atoms with van der Waals surface area (Å²) in [6.45, 7) is 0.341. The fraction of sp³-hybridized carbons (Fsp3) is 0.125. The minimum Gasteiger partial charge on any atom is -0.350 e. The molecule has 2 N–H and O–H groups in total. The Morgan fingerprint density at radius 2 is 2.09 bits per heavy atom. The van der Waals surface area contributed by atoms with E-state index in [1.165, 1.54) is 6.07 Å². The van der Waals surface area contributed by atoms with E-state index in [4.69, 9.17) is 0 Å². The van der Waals surface area contributed by atoms with Gasteiger partial charge in [-0.15, -0.1) is 0 Å². The molecule has 0 fully saturated rings. The van der Waals surface area contributed by atoms with Crippen molar-refractivity contribution in [3.63, 3.8) is 0 Å². The van der Waals surface area contributed by atoms with E-state index in [1.807, 2.05) is 24.3 Å². The molecule has 112 valence electrons. The maximum Gasteiger partial charge on any atom is 0.272 e. The van der Waals surface area contributed by atoms with Crippen LogP contribution in [0.2, 0.25) is 0 Å². The number of para-hydroxylation sites is 1. The molecule has 1 aromatic heterocycles. The molecule has 0 atom stereocenters. The molecule has 1 amide bonds. The number of rotatable bonds is 4. The SMILES string of the molecule is O=C(NCCc1cc(Br)ccc1F)c1n[nH]c2ccccc12. The van der Waals surface area contributed by atoms with Gasteiger partial charge in [0.1, 0.15) is 5.82 Å². The molecule has 3 rings (SSSR count). The van der Waals surface area contributed by atoms with Crippen LogP contribution in [-0.4, -0.2) is 22.6 Å². The number of aromatic amines is 1.